The molecule has 6 nitrogen and oxygen atoms in total. The second-order valence-corrected chi connectivity index (χ2v) is 10.0. The number of oxazole rings is 1. The summed E-state index contributed by atoms with van der Waals surface area (Å²) < 4.78 is 61.4. The molecule has 2 amide bonds. The highest BCUT2D eigenvalue weighted by molar-refractivity contribution is 5.89. The summed E-state index contributed by atoms with van der Waals surface area (Å²) >= 11 is 0. The topological polar surface area (TPSA) is 75.4 Å². The van der Waals surface area contributed by atoms with Crippen LogP contribution in [-0.2, 0) is 16.0 Å². The lowest BCUT2D eigenvalue weighted by Gasteiger charge is -2.35. The Morgan fingerprint density at radius 1 is 1.16 bits per heavy atom. The third kappa shape index (κ3) is 5.44. The summed E-state index contributed by atoms with van der Waals surface area (Å²) in [5, 5.41) is 2.86. The Morgan fingerprint density at radius 3 is 2.53 bits per heavy atom. The van der Waals surface area contributed by atoms with Gasteiger partial charge in [0.05, 0.1) is 18.3 Å². The van der Waals surface area contributed by atoms with Gasteiger partial charge in [-0.25, -0.2) is 22.5 Å². The van der Waals surface area contributed by atoms with Gasteiger partial charge in [-0.1, -0.05) is 42.5 Å². The highest BCUT2D eigenvalue weighted by atomic mass is 19.3. The van der Waals surface area contributed by atoms with Crippen molar-refractivity contribution in [2.45, 2.75) is 62.7 Å². The van der Waals surface area contributed by atoms with Crippen molar-refractivity contribution in [2.24, 2.45) is 0 Å². The number of likely N-dealkylation sites (tertiary alicyclic amines) is 1. The van der Waals surface area contributed by atoms with Crippen LogP contribution in [0.4, 0.5) is 17.6 Å². The Hall–Kier alpha value is -3.69. The van der Waals surface area contributed by atoms with Gasteiger partial charge < -0.3 is 14.6 Å². The van der Waals surface area contributed by atoms with Gasteiger partial charge in [0.25, 0.3) is 0 Å². The van der Waals surface area contributed by atoms with E-state index in [2.05, 4.69) is 10.3 Å². The van der Waals surface area contributed by atoms with Crippen molar-refractivity contribution in [2.75, 3.05) is 6.54 Å². The number of carbonyl (C=O) groups excluding carboxylic acids is 2. The summed E-state index contributed by atoms with van der Waals surface area (Å²) in [6.45, 7) is 1.48. The molecule has 1 N–H and O–H groups in total. The quantitative estimate of drug-likeness (QED) is 0.436. The summed E-state index contributed by atoms with van der Waals surface area (Å²) in [6, 6.07) is 11.3. The molecule has 1 aliphatic heterocycles. The maximum absolute atomic E-state index is 15.0. The normalized spacial score (nSPS) is 21.7. The molecule has 5 rings (SSSR count). The molecule has 1 aliphatic carbocycles. The molecule has 2 fully saturated rings. The Balaban J connectivity index is 1.37. The predicted octanol–water partition coefficient (Wildman–Crippen LogP) is 5.02. The minimum absolute atomic E-state index is 0.174. The lowest BCUT2D eigenvalue weighted by Crippen LogP contribution is -2.47. The van der Waals surface area contributed by atoms with E-state index in [9.17, 15) is 22.8 Å². The molecule has 3 aromatic rings. The number of alkyl halides is 3. The van der Waals surface area contributed by atoms with E-state index in [1.54, 1.807) is 43.3 Å². The lowest BCUT2D eigenvalue weighted by atomic mass is 9.76. The minimum atomic E-state index is -2.78. The first-order valence-corrected chi connectivity index (χ1v) is 12.5. The Bertz CT molecular complexity index is 1320. The molecule has 38 heavy (non-hydrogen) atoms. The first-order valence-electron chi connectivity index (χ1n) is 12.5. The van der Waals surface area contributed by atoms with Crippen molar-refractivity contribution in [1.82, 2.24) is 15.2 Å². The van der Waals surface area contributed by atoms with Gasteiger partial charge in [-0.15, -0.1) is 0 Å². The van der Waals surface area contributed by atoms with Crippen LogP contribution in [-0.4, -0.2) is 46.4 Å². The van der Waals surface area contributed by atoms with Gasteiger partial charge >= 0.3 is 0 Å². The minimum Gasteiger partial charge on any atom is -0.448 e. The van der Waals surface area contributed by atoms with Crippen molar-refractivity contribution in [3.8, 4) is 0 Å². The van der Waals surface area contributed by atoms with E-state index >= 15 is 4.39 Å². The maximum atomic E-state index is 15.0. The molecule has 1 aromatic heterocycles. The highest BCUT2D eigenvalue weighted by Crippen LogP contribution is 2.49. The second-order valence-electron chi connectivity index (χ2n) is 10.0. The summed E-state index contributed by atoms with van der Waals surface area (Å²) in [7, 11) is 0. The molecule has 2 heterocycles. The number of nitrogens with zero attached hydrogens (tertiary/aromatic N) is 2. The van der Waals surface area contributed by atoms with Gasteiger partial charge in [0, 0.05) is 19.3 Å². The van der Waals surface area contributed by atoms with Gasteiger partial charge in [0.1, 0.15) is 30.7 Å². The van der Waals surface area contributed by atoms with Crippen molar-refractivity contribution < 1.29 is 31.6 Å². The molecule has 10 heteroatoms. The molecule has 200 valence electrons. The molecule has 3 atom stereocenters. The number of hydrogen-bond donors (Lipinski definition) is 1. The van der Waals surface area contributed by atoms with Crippen molar-refractivity contribution >= 4 is 11.8 Å². The third-order valence-electron chi connectivity index (χ3n) is 7.15. The van der Waals surface area contributed by atoms with Crippen LogP contribution >= 0.6 is 0 Å². The van der Waals surface area contributed by atoms with Crippen LogP contribution in [0.25, 0.3) is 0 Å². The van der Waals surface area contributed by atoms with Crippen LogP contribution in [0.2, 0.25) is 0 Å². The number of amides is 2. The fourth-order valence-electron chi connectivity index (χ4n) is 5.20. The van der Waals surface area contributed by atoms with Gasteiger partial charge in [-0.3, -0.25) is 9.59 Å². The van der Waals surface area contributed by atoms with Crippen molar-refractivity contribution in [3.05, 3.63) is 88.9 Å². The molecule has 1 saturated heterocycles. The van der Waals surface area contributed by atoms with E-state index in [4.69, 9.17) is 4.42 Å². The molecular weight excluding hydrogens is 502 g/mol. The average Bonchev–Trinajstić information content (AvgIpc) is 3.46. The van der Waals surface area contributed by atoms with Crippen LogP contribution in [0.15, 0.2) is 59.2 Å². The van der Waals surface area contributed by atoms with E-state index in [1.165, 1.54) is 23.3 Å². The summed E-state index contributed by atoms with van der Waals surface area (Å²) in [4.78, 5) is 31.6. The Morgan fingerprint density at radius 2 is 1.89 bits per heavy atom. The second kappa shape index (κ2) is 10.2. The van der Waals surface area contributed by atoms with Crippen LogP contribution < -0.4 is 5.32 Å². The summed E-state index contributed by atoms with van der Waals surface area (Å²) in [5.41, 5.74) is 1.86. The molecule has 2 aliphatic rings. The van der Waals surface area contributed by atoms with Gasteiger partial charge in [0.2, 0.25) is 23.6 Å². The SMILES string of the molecule is Cc1coc(CC(=O)N2C[C@H](F)C[C@H]2C(=O)N[C@@H](c2ccccc2)c2ccc(C3CC(F)(F)C3)c(F)c2)n1. The van der Waals surface area contributed by atoms with Crippen LogP contribution in [0.3, 0.4) is 0 Å². The first kappa shape index (κ1) is 25.9. The fraction of sp³-hybridized carbons (Fsp3) is 0.393. The first-order chi connectivity index (χ1) is 18.1. The largest absolute Gasteiger partial charge is 0.448 e. The van der Waals surface area contributed by atoms with Crippen LogP contribution in [0.5, 0.6) is 0 Å². The van der Waals surface area contributed by atoms with E-state index in [-0.39, 0.29) is 30.8 Å². The molecule has 1 saturated carbocycles. The van der Waals surface area contributed by atoms with Gasteiger partial charge in [-0.05, 0) is 35.6 Å². The monoisotopic (exact) mass is 529 g/mol. The molecular formula is C28H27F4N3O3. The lowest BCUT2D eigenvalue weighted by molar-refractivity contribution is -0.138. The van der Waals surface area contributed by atoms with E-state index < -0.39 is 60.6 Å². The molecule has 0 bridgehead atoms. The standard InChI is InChI=1S/C28H27F4N3O3/c1-16-15-38-24(33-16)11-25(36)35-14-20(29)10-23(35)27(37)34-26(17-5-3-2-4-6-17)18-7-8-21(22(30)9-18)19-12-28(31,32)13-19/h2-9,15,19-20,23,26H,10-14H2,1H3,(H,34,37)/t20-,23+,26+/m1/s1. The smallest absolute Gasteiger partial charge is 0.249 e. The predicted molar refractivity (Wildman–Crippen MR) is 130 cm³/mol. The number of aromatic nitrogens is 1. The molecule has 0 unspecified atom stereocenters. The van der Waals surface area contributed by atoms with Crippen LogP contribution in [0, 0.1) is 12.7 Å². The van der Waals surface area contributed by atoms with Crippen molar-refractivity contribution in [1.29, 1.82) is 0 Å². The van der Waals surface area contributed by atoms with E-state index in [1.807, 2.05) is 0 Å². The van der Waals surface area contributed by atoms with Gasteiger partial charge in [-0.2, -0.15) is 0 Å². The molecule has 0 spiro atoms. The van der Waals surface area contributed by atoms with Crippen LogP contribution in [0.1, 0.15) is 59.5 Å². The van der Waals surface area contributed by atoms with E-state index in [0.717, 1.165) is 0 Å². The Kier molecular flexibility index (Phi) is 6.98. The zero-order valence-electron chi connectivity index (χ0n) is 20.7. The Labute approximate surface area is 217 Å². The number of carbonyl (C=O) groups is 2. The number of benzene rings is 2. The molecule has 0 radical (unpaired) electrons. The zero-order valence-corrected chi connectivity index (χ0v) is 20.7. The number of rotatable bonds is 7. The van der Waals surface area contributed by atoms with Crippen molar-refractivity contribution in [3.63, 3.8) is 0 Å². The number of nitrogens with one attached hydrogen (secondary N) is 1. The number of hydrogen-bond acceptors (Lipinski definition) is 4. The maximum Gasteiger partial charge on any atom is 0.249 e. The number of halogens is 4. The summed E-state index contributed by atoms with van der Waals surface area (Å²) in [6.07, 6.45) is -1.16. The average molecular weight is 530 g/mol. The zero-order chi connectivity index (χ0) is 27.0. The fourth-order valence-corrected chi connectivity index (χ4v) is 5.20. The third-order valence-corrected chi connectivity index (χ3v) is 7.15. The van der Waals surface area contributed by atoms with E-state index in [0.29, 0.717) is 16.8 Å². The van der Waals surface area contributed by atoms with Gasteiger partial charge in [0.15, 0.2) is 0 Å². The highest BCUT2D eigenvalue weighted by Gasteiger charge is 2.47. The number of aryl methyl sites for hydroxylation is 1. The molecule has 2 aromatic carbocycles. The summed E-state index contributed by atoms with van der Waals surface area (Å²) in [5.74, 6) is -4.86.